The fraction of sp³-hybridized carbons (Fsp3) is 0.375. The van der Waals surface area contributed by atoms with Gasteiger partial charge < -0.3 is 14.8 Å². The van der Waals surface area contributed by atoms with Crippen LogP contribution in [-0.2, 0) is 17.8 Å². The summed E-state index contributed by atoms with van der Waals surface area (Å²) in [4.78, 5) is 12.4. The first-order valence-electron chi connectivity index (χ1n) is 7.27. The summed E-state index contributed by atoms with van der Waals surface area (Å²) in [5.74, 6) is 0.604. The lowest BCUT2D eigenvalue weighted by Gasteiger charge is -2.16. The topological polar surface area (TPSA) is 76.2 Å². The fourth-order valence-electron chi connectivity index (χ4n) is 2.54. The molecule has 1 aliphatic heterocycles. The van der Waals surface area contributed by atoms with Gasteiger partial charge in [-0.3, -0.25) is 9.89 Å². The van der Waals surface area contributed by atoms with Crippen molar-refractivity contribution in [3.63, 3.8) is 0 Å². The lowest BCUT2D eigenvalue weighted by molar-refractivity contribution is 0.0912. The highest BCUT2D eigenvalue weighted by Crippen LogP contribution is 2.20. The summed E-state index contributed by atoms with van der Waals surface area (Å²) in [6.07, 6.45) is 0.768. The highest BCUT2D eigenvalue weighted by Gasteiger charge is 2.23. The molecular formula is C16H19N3O3. The minimum absolute atomic E-state index is 0.115. The maximum Gasteiger partial charge on any atom is 0.272 e. The zero-order chi connectivity index (χ0) is 15.5. The van der Waals surface area contributed by atoms with Crippen molar-refractivity contribution in [3.05, 3.63) is 46.8 Å². The molecule has 0 fully saturated rings. The van der Waals surface area contributed by atoms with Gasteiger partial charge in [-0.15, -0.1) is 0 Å². The van der Waals surface area contributed by atoms with Crippen LogP contribution >= 0.6 is 0 Å². The Morgan fingerprint density at radius 3 is 2.91 bits per heavy atom. The third-order valence-electron chi connectivity index (χ3n) is 3.87. The van der Waals surface area contributed by atoms with Crippen molar-refractivity contribution in [1.29, 1.82) is 0 Å². The Labute approximate surface area is 128 Å². The molecule has 2 heterocycles. The number of benzene rings is 1. The van der Waals surface area contributed by atoms with Crippen LogP contribution < -0.4 is 10.1 Å². The number of rotatable bonds is 4. The Morgan fingerprint density at radius 2 is 2.18 bits per heavy atom. The predicted molar refractivity (Wildman–Crippen MR) is 80.8 cm³/mol. The lowest BCUT2D eigenvalue weighted by Crippen LogP contribution is -2.28. The van der Waals surface area contributed by atoms with Crippen LogP contribution in [0.3, 0.4) is 0 Å². The standard InChI is InChI=1S/C16H19N3O3/c1-10(11-3-5-12(21-2)6-4-11)17-16(20)15-13-9-22-8-7-14(13)18-19-15/h3-6,10H,7-9H2,1-2H3,(H,17,20)(H,18,19). The molecule has 1 aliphatic rings. The average Bonchev–Trinajstić information content (AvgIpc) is 2.99. The molecule has 22 heavy (non-hydrogen) atoms. The minimum Gasteiger partial charge on any atom is -0.497 e. The van der Waals surface area contributed by atoms with E-state index in [4.69, 9.17) is 9.47 Å². The first-order chi connectivity index (χ1) is 10.7. The van der Waals surface area contributed by atoms with Crippen molar-refractivity contribution in [2.24, 2.45) is 0 Å². The number of nitrogens with zero attached hydrogens (tertiary/aromatic N) is 1. The molecular weight excluding hydrogens is 282 g/mol. The quantitative estimate of drug-likeness (QED) is 0.905. The molecule has 0 bridgehead atoms. The molecule has 1 amide bonds. The molecule has 1 atom stereocenters. The number of H-pyrrole nitrogens is 1. The molecule has 0 saturated heterocycles. The number of carbonyl (C=O) groups excluding carboxylic acids is 1. The monoisotopic (exact) mass is 301 g/mol. The summed E-state index contributed by atoms with van der Waals surface area (Å²) in [6, 6.07) is 7.51. The van der Waals surface area contributed by atoms with Gasteiger partial charge in [-0.05, 0) is 24.6 Å². The summed E-state index contributed by atoms with van der Waals surface area (Å²) < 4.78 is 10.5. The number of amides is 1. The van der Waals surface area contributed by atoms with Crippen LogP contribution in [0.1, 0.15) is 40.3 Å². The van der Waals surface area contributed by atoms with Crippen LogP contribution in [0, 0.1) is 0 Å². The number of hydrogen-bond acceptors (Lipinski definition) is 4. The van der Waals surface area contributed by atoms with Gasteiger partial charge in [-0.25, -0.2) is 0 Å². The molecule has 0 saturated carbocycles. The van der Waals surface area contributed by atoms with Gasteiger partial charge in [0.05, 0.1) is 26.4 Å². The number of ether oxygens (including phenoxy) is 2. The Kier molecular flexibility index (Phi) is 4.11. The Hall–Kier alpha value is -2.34. The van der Waals surface area contributed by atoms with Crippen molar-refractivity contribution in [1.82, 2.24) is 15.5 Å². The van der Waals surface area contributed by atoms with Gasteiger partial charge in [-0.2, -0.15) is 5.10 Å². The van der Waals surface area contributed by atoms with E-state index in [2.05, 4.69) is 15.5 Å². The van der Waals surface area contributed by atoms with E-state index in [0.717, 1.165) is 29.0 Å². The van der Waals surface area contributed by atoms with Crippen molar-refractivity contribution >= 4 is 5.91 Å². The molecule has 6 heteroatoms. The molecule has 1 unspecified atom stereocenters. The highest BCUT2D eigenvalue weighted by atomic mass is 16.5. The third kappa shape index (κ3) is 2.82. The van der Waals surface area contributed by atoms with Crippen LogP contribution in [0.25, 0.3) is 0 Å². The Balaban J connectivity index is 1.71. The first kappa shape index (κ1) is 14.6. The number of methoxy groups -OCH3 is 1. The number of hydrogen-bond donors (Lipinski definition) is 2. The Bertz CT molecular complexity index is 664. The fourth-order valence-corrected chi connectivity index (χ4v) is 2.54. The maximum absolute atomic E-state index is 12.4. The number of aromatic nitrogens is 2. The van der Waals surface area contributed by atoms with Crippen LogP contribution in [0.2, 0.25) is 0 Å². The van der Waals surface area contributed by atoms with E-state index < -0.39 is 0 Å². The Morgan fingerprint density at radius 1 is 1.41 bits per heavy atom. The summed E-state index contributed by atoms with van der Waals surface area (Å²) in [6.45, 7) is 3.04. The second-order valence-electron chi connectivity index (χ2n) is 5.30. The van der Waals surface area contributed by atoms with E-state index in [1.54, 1.807) is 7.11 Å². The number of aromatic amines is 1. The zero-order valence-electron chi connectivity index (χ0n) is 12.7. The van der Waals surface area contributed by atoms with Crippen molar-refractivity contribution in [2.45, 2.75) is 26.0 Å². The number of fused-ring (bicyclic) bond motifs is 1. The molecule has 0 aliphatic carbocycles. The van der Waals surface area contributed by atoms with E-state index in [0.29, 0.717) is 18.9 Å². The van der Waals surface area contributed by atoms with E-state index >= 15 is 0 Å². The zero-order valence-corrected chi connectivity index (χ0v) is 12.7. The van der Waals surface area contributed by atoms with E-state index in [1.165, 1.54) is 0 Å². The number of carbonyl (C=O) groups is 1. The summed E-state index contributed by atoms with van der Waals surface area (Å²) >= 11 is 0. The van der Waals surface area contributed by atoms with E-state index in [9.17, 15) is 4.79 Å². The summed E-state index contributed by atoms with van der Waals surface area (Å²) in [5, 5.41) is 10.0. The second kappa shape index (κ2) is 6.19. The van der Waals surface area contributed by atoms with Gasteiger partial charge in [0.2, 0.25) is 0 Å². The van der Waals surface area contributed by atoms with Crippen LogP contribution in [-0.4, -0.2) is 29.8 Å². The maximum atomic E-state index is 12.4. The molecule has 116 valence electrons. The highest BCUT2D eigenvalue weighted by molar-refractivity contribution is 5.94. The van der Waals surface area contributed by atoms with E-state index in [-0.39, 0.29) is 11.9 Å². The molecule has 2 aromatic rings. The molecule has 1 aromatic heterocycles. The molecule has 0 spiro atoms. The molecule has 0 radical (unpaired) electrons. The lowest BCUT2D eigenvalue weighted by atomic mass is 10.1. The van der Waals surface area contributed by atoms with Gasteiger partial charge in [0, 0.05) is 17.7 Å². The molecule has 1 aromatic carbocycles. The van der Waals surface area contributed by atoms with Crippen LogP contribution in [0.15, 0.2) is 24.3 Å². The van der Waals surface area contributed by atoms with Gasteiger partial charge in [0.15, 0.2) is 5.69 Å². The first-order valence-corrected chi connectivity index (χ1v) is 7.27. The molecule has 2 N–H and O–H groups in total. The molecule has 3 rings (SSSR count). The van der Waals surface area contributed by atoms with Crippen molar-refractivity contribution in [2.75, 3.05) is 13.7 Å². The van der Waals surface area contributed by atoms with Gasteiger partial charge >= 0.3 is 0 Å². The summed E-state index contributed by atoms with van der Waals surface area (Å²) in [7, 11) is 1.63. The van der Waals surface area contributed by atoms with Gasteiger partial charge in [0.1, 0.15) is 5.75 Å². The normalized spacial score (nSPS) is 15.0. The van der Waals surface area contributed by atoms with Gasteiger partial charge in [0.25, 0.3) is 5.91 Å². The summed E-state index contributed by atoms with van der Waals surface area (Å²) in [5.41, 5.74) is 3.30. The smallest absolute Gasteiger partial charge is 0.272 e. The second-order valence-corrected chi connectivity index (χ2v) is 5.30. The third-order valence-corrected chi connectivity index (χ3v) is 3.87. The van der Waals surface area contributed by atoms with Crippen molar-refractivity contribution in [3.8, 4) is 5.75 Å². The average molecular weight is 301 g/mol. The molecule has 6 nitrogen and oxygen atoms in total. The van der Waals surface area contributed by atoms with Crippen LogP contribution in [0.5, 0.6) is 5.75 Å². The predicted octanol–water partition coefficient (Wildman–Crippen LogP) is 1.98. The minimum atomic E-state index is -0.189. The number of nitrogens with one attached hydrogen (secondary N) is 2. The van der Waals surface area contributed by atoms with E-state index in [1.807, 2.05) is 31.2 Å². The van der Waals surface area contributed by atoms with Gasteiger partial charge in [-0.1, -0.05) is 12.1 Å². The van der Waals surface area contributed by atoms with Crippen LogP contribution in [0.4, 0.5) is 0 Å². The largest absolute Gasteiger partial charge is 0.497 e. The SMILES string of the molecule is COc1ccc(C(C)NC(=O)c2n[nH]c3c2COCC3)cc1. The van der Waals surface area contributed by atoms with Crippen molar-refractivity contribution < 1.29 is 14.3 Å².